The van der Waals surface area contributed by atoms with Crippen molar-refractivity contribution in [3.8, 4) is 0 Å². The molecule has 1 aromatic rings. The van der Waals surface area contributed by atoms with Gasteiger partial charge in [0.2, 0.25) is 0 Å². The topological polar surface area (TPSA) is 19.7 Å². The van der Waals surface area contributed by atoms with Gasteiger partial charge in [-0.1, -0.05) is 175 Å². The van der Waals surface area contributed by atoms with Crippen molar-refractivity contribution in [2.75, 3.05) is 0 Å². The smallest absolute Gasteiger partial charge is 0.247 e. The molecule has 1 N–H and O–H groups in total. The first-order valence-electron chi connectivity index (χ1n) is 18.3. The minimum Gasteiger partial charge on any atom is -0.247 e. The quantitative estimate of drug-likeness (QED) is 0.0732. The molecule has 2 nitrogen and oxygen atoms in total. The van der Waals surface area contributed by atoms with E-state index in [0.29, 0.717) is 12.0 Å². The molecule has 1 heterocycles. The molecule has 0 saturated heterocycles. The second-order valence-corrected chi connectivity index (χ2v) is 12.9. The van der Waals surface area contributed by atoms with E-state index in [4.69, 9.17) is 0 Å². The van der Waals surface area contributed by atoms with Gasteiger partial charge in [0.25, 0.3) is 5.82 Å². The average molecular weight is 546 g/mol. The van der Waals surface area contributed by atoms with E-state index in [0.717, 1.165) is 0 Å². The fourth-order valence-electron chi connectivity index (χ4n) is 6.41. The summed E-state index contributed by atoms with van der Waals surface area (Å²) >= 11 is 0. The van der Waals surface area contributed by atoms with Crippen molar-refractivity contribution < 1.29 is 4.57 Å². The van der Waals surface area contributed by atoms with Gasteiger partial charge in [-0.25, -0.2) is 9.55 Å². The van der Waals surface area contributed by atoms with Crippen molar-refractivity contribution in [1.82, 2.24) is 4.98 Å². The molecule has 0 aliphatic heterocycles. The number of aromatic amines is 1. The third kappa shape index (κ3) is 19.8. The fourth-order valence-corrected chi connectivity index (χ4v) is 6.41. The molecule has 0 saturated carbocycles. The summed E-state index contributed by atoms with van der Waals surface area (Å²) in [5.74, 6) is 2.23. The molecule has 0 amide bonds. The largest absolute Gasteiger partial charge is 0.257 e. The monoisotopic (exact) mass is 546 g/mol. The Morgan fingerprint density at radius 2 is 0.846 bits per heavy atom. The molecular formula is C37H73N2+. The summed E-state index contributed by atoms with van der Waals surface area (Å²) in [5, 5.41) is 0. The zero-order valence-corrected chi connectivity index (χ0v) is 27.6. The Morgan fingerprint density at radius 3 is 1.23 bits per heavy atom. The maximum atomic E-state index is 3.70. The van der Waals surface area contributed by atoms with Crippen LogP contribution in [0.2, 0.25) is 0 Å². The van der Waals surface area contributed by atoms with Crippen LogP contribution in [0.1, 0.15) is 225 Å². The second kappa shape index (κ2) is 27.4. The van der Waals surface area contributed by atoms with Gasteiger partial charge in [0.05, 0.1) is 12.0 Å². The van der Waals surface area contributed by atoms with Crippen LogP contribution in [0.4, 0.5) is 0 Å². The molecule has 0 fully saturated rings. The Labute approximate surface area is 246 Å². The van der Waals surface area contributed by atoms with Gasteiger partial charge in [0, 0.05) is 0 Å². The maximum Gasteiger partial charge on any atom is 0.257 e. The number of hydrogen-bond acceptors (Lipinski definition) is 0. The molecule has 0 aliphatic rings. The number of aromatic nitrogens is 2. The highest BCUT2D eigenvalue weighted by Gasteiger charge is 2.25. The summed E-state index contributed by atoms with van der Waals surface area (Å²) < 4.78 is 2.59. The molecule has 2 heteroatoms. The molecular weight excluding hydrogens is 472 g/mol. The van der Waals surface area contributed by atoms with Crippen molar-refractivity contribution >= 4 is 0 Å². The van der Waals surface area contributed by atoms with E-state index < -0.39 is 0 Å². The summed E-state index contributed by atoms with van der Waals surface area (Å²) in [4.78, 5) is 3.70. The van der Waals surface area contributed by atoms with Crippen LogP contribution in [-0.2, 0) is 0 Å². The zero-order valence-electron chi connectivity index (χ0n) is 27.6. The molecule has 0 spiro atoms. The predicted octanol–water partition coefficient (Wildman–Crippen LogP) is 12.9. The van der Waals surface area contributed by atoms with E-state index in [-0.39, 0.29) is 0 Å². The Balaban J connectivity index is 2.28. The summed E-state index contributed by atoms with van der Waals surface area (Å²) in [7, 11) is 0. The van der Waals surface area contributed by atoms with Crippen LogP contribution in [0, 0.1) is 0 Å². The molecule has 0 aromatic carbocycles. The van der Waals surface area contributed by atoms with Gasteiger partial charge in [0.15, 0.2) is 0 Å². The van der Waals surface area contributed by atoms with Crippen LogP contribution >= 0.6 is 0 Å². The summed E-state index contributed by atoms with van der Waals surface area (Å²) in [6.45, 7) is 9.36. The molecule has 2 atom stereocenters. The van der Waals surface area contributed by atoms with Crippen molar-refractivity contribution in [2.45, 2.75) is 219 Å². The van der Waals surface area contributed by atoms with E-state index in [1.807, 2.05) is 0 Å². The van der Waals surface area contributed by atoms with Crippen molar-refractivity contribution in [2.24, 2.45) is 0 Å². The molecule has 0 radical (unpaired) electrons. The number of unbranched alkanes of at least 4 members (excludes halogenated alkanes) is 22. The highest BCUT2D eigenvalue weighted by Crippen LogP contribution is 2.27. The van der Waals surface area contributed by atoms with Gasteiger partial charge in [-0.3, -0.25) is 0 Å². The van der Waals surface area contributed by atoms with Crippen LogP contribution in [0.3, 0.4) is 0 Å². The molecule has 39 heavy (non-hydrogen) atoms. The van der Waals surface area contributed by atoms with Crippen LogP contribution in [0.15, 0.2) is 12.4 Å². The standard InChI is InChI=1S/C37H72N2/c1-5-8-11-13-15-17-18-19-20-21-22-23-25-27-29-32-36(31-28-26-24-16-14-12-9-6-2)37-38-33-34-39(37)35(4)30-10-7-3/h33-36H,5-32H2,1-4H3/p+1. The predicted molar refractivity (Wildman–Crippen MR) is 175 cm³/mol. The van der Waals surface area contributed by atoms with E-state index in [1.165, 1.54) is 186 Å². The van der Waals surface area contributed by atoms with Crippen molar-refractivity contribution in [1.29, 1.82) is 0 Å². The molecule has 0 bridgehead atoms. The molecule has 1 aromatic heterocycles. The zero-order chi connectivity index (χ0) is 28.2. The summed E-state index contributed by atoms with van der Waals surface area (Å²) in [5.41, 5.74) is 0. The Morgan fingerprint density at radius 1 is 0.487 bits per heavy atom. The van der Waals surface area contributed by atoms with Crippen LogP contribution in [0.25, 0.3) is 0 Å². The number of nitrogens with one attached hydrogen (secondary N) is 1. The third-order valence-electron chi connectivity index (χ3n) is 9.14. The number of rotatable bonds is 30. The Kier molecular flexibility index (Phi) is 25.4. The van der Waals surface area contributed by atoms with Gasteiger partial charge >= 0.3 is 0 Å². The summed E-state index contributed by atoms with van der Waals surface area (Å²) in [6.07, 6.45) is 44.3. The maximum absolute atomic E-state index is 3.70. The van der Waals surface area contributed by atoms with Crippen LogP contribution < -0.4 is 4.57 Å². The lowest BCUT2D eigenvalue weighted by Gasteiger charge is -2.17. The highest BCUT2D eigenvalue weighted by atomic mass is 15.1. The second-order valence-electron chi connectivity index (χ2n) is 12.9. The van der Waals surface area contributed by atoms with Crippen LogP contribution in [0.5, 0.6) is 0 Å². The van der Waals surface area contributed by atoms with Gasteiger partial charge in [-0.2, -0.15) is 0 Å². The fraction of sp³-hybridized carbons (Fsp3) is 0.919. The number of H-pyrrole nitrogens is 1. The highest BCUT2D eigenvalue weighted by molar-refractivity contribution is 4.90. The third-order valence-corrected chi connectivity index (χ3v) is 9.14. The summed E-state index contributed by atoms with van der Waals surface area (Å²) in [6, 6.07) is 0.619. The van der Waals surface area contributed by atoms with E-state index >= 15 is 0 Å². The first kappa shape index (κ1) is 36.2. The molecule has 230 valence electrons. The minimum absolute atomic E-state index is 0.619. The molecule has 1 rings (SSSR count). The number of hydrogen-bond donors (Lipinski definition) is 1. The van der Waals surface area contributed by atoms with Gasteiger partial charge in [-0.05, 0) is 32.6 Å². The van der Waals surface area contributed by atoms with E-state index in [9.17, 15) is 0 Å². The van der Waals surface area contributed by atoms with E-state index in [1.54, 1.807) is 0 Å². The molecule has 0 aliphatic carbocycles. The number of imidazole rings is 1. The average Bonchev–Trinajstić information content (AvgIpc) is 3.44. The lowest BCUT2D eigenvalue weighted by molar-refractivity contribution is -0.727. The van der Waals surface area contributed by atoms with Crippen LogP contribution in [-0.4, -0.2) is 4.98 Å². The van der Waals surface area contributed by atoms with Gasteiger partial charge < -0.3 is 0 Å². The van der Waals surface area contributed by atoms with E-state index in [2.05, 4.69) is 49.6 Å². The normalized spacial score (nSPS) is 13.2. The lowest BCUT2D eigenvalue weighted by Crippen LogP contribution is -2.41. The minimum atomic E-state index is 0.619. The number of nitrogens with zero attached hydrogens (tertiary/aromatic N) is 1. The SMILES string of the molecule is CCCCCCCCCCCCCCCCCC(CCCCCCCCCC)c1[nH]cc[n+]1C(C)CCCC. The van der Waals surface area contributed by atoms with Gasteiger partial charge in [0.1, 0.15) is 12.4 Å². The van der Waals surface area contributed by atoms with Gasteiger partial charge in [-0.15, -0.1) is 0 Å². The first-order valence-corrected chi connectivity index (χ1v) is 18.3. The lowest BCUT2D eigenvalue weighted by atomic mass is 9.92. The Hall–Kier alpha value is -0.790. The Bertz CT molecular complexity index is 606. The van der Waals surface area contributed by atoms with Crippen molar-refractivity contribution in [3.63, 3.8) is 0 Å². The van der Waals surface area contributed by atoms with Crippen molar-refractivity contribution in [3.05, 3.63) is 18.2 Å². The molecule has 2 unspecified atom stereocenters. The first-order chi connectivity index (χ1) is 19.2.